The Kier molecular flexibility index (Phi) is 6.28. The average Bonchev–Trinajstić information content (AvgIpc) is 2.55. The van der Waals surface area contributed by atoms with Gasteiger partial charge in [-0.15, -0.1) is 0 Å². The van der Waals surface area contributed by atoms with Crippen LogP contribution in [0, 0.1) is 5.92 Å². The van der Waals surface area contributed by atoms with Crippen LogP contribution < -0.4 is 10.2 Å². The van der Waals surface area contributed by atoms with Gasteiger partial charge in [-0.3, -0.25) is 0 Å². The van der Waals surface area contributed by atoms with Gasteiger partial charge in [0.15, 0.2) is 0 Å². The highest BCUT2D eigenvalue weighted by atomic mass is 16.3. The second kappa shape index (κ2) is 8.20. The van der Waals surface area contributed by atoms with Gasteiger partial charge < -0.3 is 20.2 Å². The molecule has 0 saturated carbocycles. The van der Waals surface area contributed by atoms with Crippen LogP contribution in [0.4, 0.5) is 16.2 Å². The minimum atomic E-state index is -0.427. The Labute approximate surface area is 139 Å². The Morgan fingerprint density at radius 1 is 1.39 bits per heavy atom. The summed E-state index contributed by atoms with van der Waals surface area (Å²) in [4.78, 5) is 16.2. The molecule has 5 nitrogen and oxygen atoms in total. The zero-order valence-electron chi connectivity index (χ0n) is 14.5. The Balaban J connectivity index is 1.89. The minimum Gasteiger partial charge on any atom is -0.391 e. The Bertz CT molecular complexity index is 503. The van der Waals surface area contributed by atoms with Crippen LogP contribution in [0.3, 0.4) is 0 Å². The van der Waals surface area contributed by atoms with Crippen LogP contribution in [0.5, 0.6) is 0 Å². The van der Waals surface area contributed by atoms with Crippen molar-refractivity contribution in [2.24, 2.45) is 5.92 Å². The van der Waals surface area contributed by atoms with Gasteiger partial charge in [-0.2, -0.15) is 0 Å². The maximum Gasteiger partial charge on any atom is 0.321 e. The number of urea groups is 1. The number of hydrogen-bond acceptors (Lipinski definition) is 3. The average molecular weight is 319 g/mol. The third-order valence-electron chi connectivity index (χ3n) is 4.61. The Morgan fingerprint density at radius 2 is 2.09 bits per heavy atom. The molecule has 2 rings (SSSR count). The summed E-state index contributed by atoms with van der Waals surface area (Å²) in [5.41, 5.74) is 1.94. The molecule has 1 aliphatic heterocycles. The van der Waals surface area contributed by atoms with Crippen molar-refractivity contribution in [1.29, 1.82) is 0 Å². The van der Waals surface area contributed by atoms with Gasteiger partial charge in [-0.1, -0.05) is 20.3 Å². The molecule has 128 valence electrons. The highest BCUT2D eigenvalue weighted by Crippen LogP contribution is 2.20. The van der Waals surface area contributed by atoms with E-state index in [1.54, 1.807) is 4.90 Å². The van der Waals surface area contributed by atoms with Gasteiger partial charge in [0.1, 0.15) is 0 Å². The zero-order chi connectivity index (χ0) is 16.8. The van der Waals surface area contributed by atoms with Gasteiger partial charge in [-0.25, -0.2) is 4.79 Å². The molecular weight excluding hydrogens is 290 g/mol. The fraction of sp³-hybridized carbons (Fsp3) is 0.611. The van der Waals surface area contributed by atoms with E-state index in [9.17, 15) is 9.90 Å². The van der Waals surface area contributed by atoms with Crippen LogP contribution in [0.1, 0.15) is 33.1 Å². The van der Waals surface area contributed by atoms with Crippen molar-refractivity contribution in [3.05, 3.63) is 24.3 Å². The summed E-state index contributed by atoms with van der Waals surface area (Å²) in [6, 6.07) is 7.77. The van der Waals surface area contributed by atoms with Gasteiger partial charge in [0, 0.05) is 38.1 Å². The summed E-state index contributed by atoms with van der Waals surface area (Å²) in [6.07, 6.45) is 2.77. The van der Waals surface area contributed by atoms with E-state index < -0.39 is 6.10 Å². The smallest absolute Gasteiger partial charge is 0.321 e. The number of carbonyl (C=O) groups is 1. The second-order valence-corrected chi connectivity index (χ2v) is 6.53. The number of β-amino-alcohol motifs (C(OH)–C–C–N with tert-alkyl or cyclic N) is 1. The monoisotopic (exact) mass is 319 g/mol. The zero-order valence-corrected chi connectivity index (χ0v) is 14.5. The van der Waals surface area contributed by atoms with Crippen LogP contribution in [-0.2, 0) is 0 Å². The van der Waals surface area contributed by atoms with E-state index in [0.29, 0.717) is 13.1 Å². The third-order valence-corrected chi connectivity index (χ3v) is 4.61. The lowest BCUT2D eigenvalue weighted by atomic mass is 9.96. The number of hydrogen-bond donors (Lipinski definition) is 2. The number of aliphatic hydroxyl groups is 1. The predicted molar refractivity (Wildman–Crippen MR) is 95.0 cm³/mol. The second-order valence-electron chi connectivity index (χ2n) is 6.53. The molecule has 0 bridgehead atoms. The van der Waals surface area contributed by atoms with Gasteiger partial charge in [0.05, 0.1) is 6.10 Å². The number of anilines is 2. The van der Waals surface area contributed by atoms with E-state index in [0.717, 1.165) is 24.3 Å². The van der Waals surface area contributed by atoms with Gasteiger partial charge in [-0.05, 0) is 43.0 Å². The number of amides is 2. The largest absolute Gasteiger partial charge is 0.391 e. The minimum absolute atomic E-state index is 0.136. The molecule has 1 aliphatic rings. The first-order valence-electron chi connectivity index (χ1n) is 8.56. The maximum absolute atomic E-state index is 12.3. The van der Waals surface area contributed by atoms with E-state index in [1.807, 2.05) is 31.2 Å². The van der Waals surface area contributed by atoms with E-state index in [-0.39, 0.29) is 11.9 Å². The molecule has 0 aliphatic carbocycles. The number of unbranched alkanes of at least 4 members (excludes halogenated alkanes) is 1. The molecule has 1 heterocycles. The maximum atomic E-state index is 12.3. The SMILES string of the molecule is CCCCN(C)c1ccc(NC(=O)N2CCC(C)C(O)C2)cc1. The van der Waals surface area contributed by atoms with E-state index >= 15 is 0 Å². The predicted octanol–water partition coefficient (Wildman–Crippen LogP) is 3.16. The van der Waals surface area contributed by atoms with E-state index in [2.05, 4.69) is 24.2 Å². The molecule has 0 spiro atoms. The summed E-state index contributed by atoms with van der Waals surface area (Å²) in [6.45, 7) is 6.34. The number of carbonyl (C=O) groups excluding carboxylic acids is 1. The first kappa shape index (κ1) is 17.6. The van der Waals surface area contributed by atoms with Crippen LogP contribution in [0.25, 0.3) is 0 Å². The summed E-state index contributed by atoms with van der Waals surface area (Å²) in [5.74, 6) is 0.261. The van der Waals surface area contributed by atoms with Crippen molar-refractivity contribution >= 4 is 17.4 Å². The fourth-order valence-corrected chi connectivity index (χ4v) is 2.76. The molecule has 1 fully saturated rings. The van der Waals surface area contributed by atoms with Gasteiger partial charge in [0.25, 0.3) is 0 Å². The molecule has 1 aromatic rings. The summed E-state index contributed by atoms with van der Waals surface area (Å²) >= 11 is 0. The molecule has 2 amide bonds. The molecule has 0 aromatic heterocycles. The van der Waals surface area contributed by atoms with Gasteiger partial charge in [0.2, 0.25) is 0 Å². The number of likely N-dealkylation sites (tertiary alicyclic amines) is 1. The Hall–Kier alpha value is -1.75. The van der Waals surface area contributed by atoms with Crippen molar-refractivity contribution < 1.29 is 9.90 Å². The number of aliphatic hydroxyl groups excluding tert-OH is 1. The highest BCUT2D eigenvalue weighted by molar-refractivity contribution is 5.89. The van der Waals surface area contributed by atoms with Crippen LogP contribution in [0.15, 0.2) is 24.3 Å². The topological polar surface area (TPSA) is 55.8 Å². The van der Waals surface area contributed by atoms with Crippen molar-refractivity contribution in [2.45, 2.75) is 39.2 Å². The molecule has 5 heteroatoms. The molecule has 2 N–H and O–H groups in total. The quantitative estimate of drug-likeness (QED) is 0.876. The van der Waals surface area contributed by atoms with Crippen LogP contribution in [-0.4, -0.2) is 48.8 Å². The summed E-state index contributed by atoms with van der Waals surface area (Å²) in [7, 11) is 2.08. The van der Waals surface area contributed by atoms with E-state index in [4.69, 9.17) is 0 Å². The molecule has 1 saturated heterocycles. The lowest BCUT2D eigenvalue weighted by molar-refractivity contribution is 0.0464. The van der Waals surface area contributed by atoms with Crippen molar-refractivity contribution in [3.63, 3.8) is 0 Å². The van der Waals surface area contributed by atoms with Crippen molar-refractivity contribution in [2.75, 3.05) is 36.9 Å². The lowest BCUT2D eigenvalue weighted by Gasteiger charge is -2.34. The standard InChI is InChI=1S/C18H29N3O2/c1-4-5-11-20(3)16-8-6-15(7-9-16)19-18(23)21-12-10-14(2)17(22)13-21/h6-9,14,17,22H,4-5,10-13H2,1-3H3,(H,19,23). The first-order chi connectivity index (χ1) is 11.0. The van der Waals surface area contributed by atoms with Crippen molar-refractivity contribution in [3.8, 4) is 0 Å². The third kappa shape index (κ3) is 4.86. The number of rotatable bonds is 5. The molecule has 1 aromatic carbocycles. The molecular formula is C18H29N3O2. The van der Waals surface area contributed by atoms with Crippen LogP contribution >= 0.6 is 0 Å². The Morgan fingerprint density at radius 3 is 2.70 bits per heavy atom. The normalized spacial score (nSPS) is 21.1. The molecule has 2 unspecified atom stereocenters. The first-order valence-corrected chi connectivity index (χ1v) is 8.56. The van der Waals surface area contributed by atoms with Crippen molar-refractivity contribution in [1.82, 2.24) is 4.90 Å². The number of benzene rings is 1. The van der Waals surface area contributed by atoms with E-state index in [1.165, 1.54) is 12.8 Å². The van der Waals surface area contributed by atoms with Gasteiger partial charge >= 0.3 is 6.03 Å². The number of piperidine rings is 1. The molecule has 0 radical (unpaired) electrons. The summed E-state index contributed by atoms with van der Waals surface area (Å²) in [5, 5.41) is 12.8. The fourth-order valence-electron chi connectivity index (χ4n) is 2.76. The molecule has 23 heavy (non-hydrogen) atoms. The lowest BCUT2D eigenvalue weighted by Crippen LogP contribution is -2.47. The highest BCUT2D eigenvalue weighted by Gasteiger charge is 2.27. The summed E-state index contributed by atoms with van der Waals surface area (Å²) < 4.78 is 0. The number of nitrogens with one attached hydrogen (secondary N) is 1. The molecule has 2 atom stereocenters. The van der Waals surface area contributed by atoms with Crippen LogP contribution in [0.2, 0.25) is 0 Å². The number of nitrogens with zero attached hydrogens (tertiary/aromatic N) is 2.